The Labute approximate surface area is 95.4 Å². The van der Waals surface area contributed by atoms with E-state index >= 15 is 0 Å². The fourth-order valence-electron chi connectivity index (χ4n) is 1.69. The number of thioether (sulfide) groups is 1. The van der Waals surface area contributed by atoms with Crippen molar-refractivity contribution in [3.63, 3.8) is 0 Å². The normalized spacial score (nSPS) is 27.4. The predicted octanol–water partition coefficient (Wildman–Crippen LogP) is 1.76. The first-order valence-corrected chi connectivity index (χ1v) is 6.46. The number of ketones is 1. The Morgan fingerprint density at radius 2 is 2.20 bits per heavy atom. The molecule has 1 saturated heterocycles. The summed E-state index contributed by atoms with van der Waals surface area (Å²) in [5.74, 6) is 1.15. The van der Waals surface area contributed by atoms with Crippen molar-refractivity contribution in [2.45, 2.75) is 50.8 Å². The van der Waals surface area contributed by atoms with Crippen LogP contribution in [0.25, 0.3) is 0 Å². The standard InChI is InChI=1S/C11H19NO2S/c1-4-9(13)8(2)12-10(14)11(3)6-5-7-15-11/h8H,4-7H2,1-3H3,(H,12,14). The van der Waals surface area contributed by atoms with E-state index in [-0.39, 0.29) is 22.5 Å². The summed E-state index contributed by atoms with van der Waals surface area (Å²) in [5, 5.41) is 2.80. The summed E-state index contributed by atoms with van der Waals surface area (Å²) in [6.07, 6.45) is 2.48. The molecular formula is C11H19NO2S. The third-order valence-corrected chi connectivity index (χ3v) is 4.40. The van der Waals surface area contributed by atoms with Crippen LogP contribution in [0.2, 0.25) is 0 Å². The summed E-state index contributed by atoms with van der Waals surface area (Å²) in [5.41, 5.74) is 0. The molecule has 4 heteroatoms. The second-order valence-corrected chi connectivity index (χ2v) is 5.80. The molecule has 0 bridgehead atoms. The van der Waals surface area contributed by atoms with Crippen molar-refractivity contribution in [1.29, 1.82) is 0 Å². The molecule has 2 atom stereocenters. The maximum atomic E-state index is 11.9. The molecule has 1 rings (SSSR count). The zero-order valence-corrected chi connectivity index (χ0v) is 10.4. The lowest BCUT2D eigenvalue weighted by Gasteiger charge is -2.23. The number of amides is 1. The van der Waals surface area contributed by atoms with Crippen LogP contribution in [0.5, 0.6) is 0 Å². The molecule has 1 amide bonds. The Morgan fingerprint density at radius 3 is 2.67 bits per heavy atom. The Hall–Kier alpha value is -0.510. The van der Waals surface area contributed by atoms with Crippen molar-refractivity contribution in [2.75, 3.05) is 5.75 Å². The molecule has 0 aromatic carbocycles. The van der Waals surface area contributed by atoms with Gasteiger partial charge in [0.05, 0.1) is 10.8 Å². The molecule has 0 aromatic rings. The molecule has 1 aliphatic heterocycles. The fourth-order valence-corrected chi connectivity index (χ4v) is 2.91. The van der Waals surface area contributed by atoms with Gasteiger partial charge < -0.3 is 5.32 Å². The zero-order chi connectivity index (χ0) is 11.5. The third kappa shape index (κ3) is 2.97. The number of nitrogens with one attached hydrogen (secondary N) is 1. The molecule has 0 aliphatic carbocycles. The van der Waals surface area contributed by atoms with E-state index in [0.717, 1.165) is 18.6 Å². The van der Waals surface area contributed by atoms with Gasteiger partial charge in [-0.2, -0.15) is 0 Å². The number of carbonyl (C=O) groups excluding carboxylic acids is 2. The summed E-state index contributed by atoms with van der Waals surface area (Å²) < 4.78 is -0.317. The molecule has 1 aliphatic rings. The van der Waals surface area contributed by atoms with Gasteiger partial charge in [0.25, 0.3) is 0 Å². The van der Waals surface area contributed by atoms with Crippen molar-refractivity contribution in [3.05, 3.63) is 0 Å². The van der Waals surface area contributed by atoms with Crippen LogP contribution in [-0.4, -0.2) is 28.2 Å². The molecule has 3 nitrogen and oxygen atoms in total. The molecule has 1 N–H and O–H groups in total. The van der Waals surface area contributed by atoms with Crippen LogP contribution in [0, 0.1) is 0 Å². The van der Waals surface area contributed by atoms with Crippen LogP contribution in [0.4, 0.5) is 0 Å². The number of hydrogen-bond donors (Lipinski definition) is 1. The lowest BCUT2D eigenvalue weighted by atomic mass is 10.0. The highest BCUT2D eigenvalue weighted by atomic mass is 32.2. The highest BCUT2D eigenvalue weighted by molar-refractivity contribution is 8.01. The molecule has 86 valence electrons. The van der Waals surface area contributed by atoms with Gasteiger partial charge in [0.1, 0.15) is 0 Å². The van der Waals surface area contributed by atoms with E-state index in [4.69, 9.17) is 0 Å². The van der Waals surface area contributed by atoms with Crippen LogP contribution in [0.15, 0.2) is 0 Å². The minimum atomic E-state index is -0.347. The van der Waals surface area contributed by atoms with Crippen LogP contribution < -0.4 is 5.32 Å². The van der Waals surface area contributed by atoms with Gasteiger partial charge in [0, 0.05) is 6.42 Å². The van der Waals surface area contributed by atoms with Gasteiger partial charge >= 0.3 is 0 Å². The lowest BCUT2D eigenvalue weighted by molar-refractivity contribution is -0.128. The van der Waals surface area contributed by atoms with Crippen LogP contribution >= 0.6 is 11.8 Å². The maximum absolute atomic E-state index is 11.9. The van der Waals surface area contributed by atoms with E-state index in [0.29, 0.717) is 6.42 Å². The SMILES string of the molecule is CCC(=O)C(C)NC(=O)C1(C)CCCS1. The first-order chi connectivity index (χ1) is 6.99. The van der Waals surface area contributed by atoms with Crippen molar-refractivity contribution >= 4 is 23.5 Å². The van der Waals surface area contributed by atoms with Gasteiger partial charge in [-0.05, 0) is 32.4 Å². The Kier molecular flexibility index (Phi) is 4.20. The Morgan fingerprint density at radius 1 is 1.53 bits per heavy atom. The maximum Gasteiger partial charge on any atom is 0.236 e. The van der Waals surface area contributed by atoms with E-state index in [2.05, 4.69) is 5.32 Å². The predicted molar refractivity (Wildman–Crippen MR) is 63.0 cm³/mol. The number of Topliss-reactive ketones (excluding diaryl/α,β-unsaturated/α-hetero) is 1. The smallest absolute Gasteiger partial charge is 0.236 e. The average molecular weight is 229 g/mol. The van der Waals surface area contributed by atoms with Crippen LogP contribution in [0.1, 0.15) is 40.0 Å². The summed E-state index contributed by atoms with van der Waals surface area (Å²) in [7, 11) is 0. The van der Waals surface area contributed by atoms with E-state index in [1.54, 1.807) is 18.7 Å². The van der Waals surface area contributed by atoms with Crippen molar-refractivity contribution in [3.8, 4) is 0 Å². The molecule has 0 saturated carbocycles. The lowest BCUT2D eigenvalue weighted by Crippen LogP contribution is -2.47. The Bertz CT molecular complexity index is 259. The number of rotatable bonds is 4. The minimum Gasteiger partial charge on any atom is -0.345 e. The van der Waals surface area contributed by atoms with Gasteiger partial charge in [-0.15, -0.1) is 11.8 Å². The second kappa shape index (κ2) is 5.01. The topological polar surface area (TPSA) is 46.2 Å². The summed E-state index contributed by atoms with van der Waals surface area (Å²) >= 11 is 1.69. The average Bonchev–Trinajstić information content (AvgIpc) is 2.65. The molecule has 0 spiro atoms. The van der Waals surface area contributed by atoms with Crippen LogP contribution in [-0.2, 0) is 9.59 Å². The molecule has 0 radical (unpaired) electrons. The highest BCUT2D eigenvalue weighted by Crippen LogP contribution is 2.37. The van der Waals surface area contributed by atoms with Crippen LogP contribution in [0.3, 0.4) is 0 Å². The molecule has 1 fully saturated rings. The number of hydrogen-bond acceptors (Lipinski definition) is 3. The summed E-state index contributed by atoms with van der Waals surface area (Å²) in [6, 6.07) is -0.347. The van der Waals surface area contributed by atoms with E-state index in [1.165, 1.54) is 0 Å². The van der Waals surface area contributed by atoms with E-state index < -0.39 is 0 Å². The molecule has 2 unspecified atom stereocenters. The quantitative estimate of drug-likeness (QED) is 0.799. The monoisotopic (exact) mass is 229 g/mol. The third-order valence-electron chi connectivity index (χ3n) is 2.88. The molecule has 1 heterocycles. The molecular weight excluding hydrogens is 210 g/mol. The van der Waals surface area contributed by atoms with E-state index in [9.17, 15) is 9.59 Å². The van der Waals surface area contributed by atoms with Gasteiger partial charge in [0.15, 0.2) is 5.78 Å². The summed E-state index contributed by atoms with van der Waals surface area (Å²) in [6.45, 7) is 5.53. The number of carbonyl (C=O) groups is 2. The second-order valence-electron chi connectivity index (χ2n) is 4.20. The molecule has 0 aromatic heterocycles. The van der Waals surface area contributed by atoms with Gasteiger partial charge in [-0.3, -0.25) is 9.59 Å². The van der Waals surface area contributed by atoms with Gasteiger partial charge in [-0.1, -0.05) is 6.92 Å². The fraction of sp³-hybridized carbons (Fsp3) is 0.818. The van der Waals surface area contributed by atoms with Crippen molar-refractivity contribution in [1.82, 2.24) is 5.32 Å². The van der Waals surface area contributed by atoms with Crippen molar-refractivity contribution in [2.24, 2.45) is 0 Å². The van der Waals surface area contributed by atoms with Gasteiger partial charge in [0.2, 0.25) is 5.91 Å². The minimum absolute atomic E-state index is 0.0132. The zero-order valence-electron chi connectivity index (χ0n) is 9.63. The Balaban J connectivity index is 2.51. The first-order valence-electron chi connectivity index (χ1n) is 5.47. The van der Waals surface area contributed by atoms with Crippen molar-refractivity contribution < 1.29 is 9.59 Å². The largest absolute Gasteiger partial charge is 0.345 e. The summed E-state index contributed by atoms with van der Waals surface area (Å²) in [4.78, 5) is 23.3. The molecule has 15 heavy (non-hydrogen) atoms. The van der Waals surface area contributed by atoms with Gasteiger partial charge in [-0.25, -0.2) is 0 Å². The highest BCUT2D eigenvalue weighted by Gasteiger charge is 2.37. The van der Waals surface area contributed by atoms with E-state index in [1.807, 2.05) is 13.8 Å². The first kappa shape index (κ1) is 12.6.